The van der Waals surface area contributed by atoms with Crippen LogP contribution in [0, 0.1) is 0 Å². The van der Waals surface area contributed by atoms with E-state index in [1.54, 1.807) is 19.2 Å². The van der Waals surface area contributed by atoms with Gasteiger partial charge in [0.15, 0.2) is 6.61 Å². The highest BCUT2D eigenvalue weighted by Gasteiger charge is 2.19. The van der Waals surface area contributed by atoms with Gasteiger partial charge in [0, 0.05) is 25.2 Å². The van der Waals surface area contributed by atoms with Crippen LogP contribution in [0.4, 0.5) is 14.5 Å². The standard InChI is InChI=1S/C17H16F2N2O3/c1-21(12-5-6-14-11(9-12)7-8-23-14)17(22)13-3-2-4-16(20-13)24-10-15(18)19/h2-6,9,15H,7-8,10H2,1H3. The van der Waals surface area contributed by atoms with Gasteiger partial charge in [0.2, 0.25) is 5.88 Å². The van der Waals surface area contributed by atoms with Crippen LogP contribution in [0.3, 0.4) is 0 Å². The second-order valence-corrected chi connectivity index (χ2v) is 5.32. The van der Waals surface area contributed by atoms with Gasteiger partial charge in [-0.25, -0.2) is 13.8 Å². The molecule has 1 aromatic heterocycles. The highest BCUT2D eigenvalue weighted by atomic mass is 19.3. The van der Waals surface area contributed by atoms with Gasteiger partial charge in [0.1, 0.15) is 11.4 Å². The minimum absolute atomic E-state index is 0.00287. The molecule has 0 saturated heterocycles. The zero-order valence-electron chi connectivity index (χ0n) is 13.0. The van der Waals surface area contributed by atoms with E-state index < -0.39 is 13.0 Å². The Balaban J connectivity index is 1.77. The Labute approximate surface area is 137 Å². The smallest absolute Gasteiger partial charge is 0.276 e. The van der Waals surface area contributed by atoms with Crippen molar-refractivity contribution in [1.29, 1.82) is 0 Å². The largest absolute Gasteiger partial charge is 0.493 e. The van der Waals surface area contributed by atoms with Crippen LogP contribution in [0.1, 0.15) is 16.1 Å². The Bertz CT molecular complexity index is 752. The summed E-state index contributed by atoms with van der Waals surface area (Å²) in [5.74, 6) is 0.480. The first-order chi connectivity index (χ1) is 11.5. The van der Waals surface area contributed by atoms with Crippen molar-refractivity contribution >= 4 is 11.6 Å². The Morgan fingerprint density at radius 1 is 1.38 bits per heavy atom. The summed E-state index contributed by atoms with van der Waals surface area (Å²) in [5.41, 5.74) is 1.89. The minimum atomic E-state index is -2.59. The van der Waals surface area contributed by atoms with Crippen molar-refractivity contribution in [3.8, 4) is 11.6 Å². The van der Waals surface area contributed by atoms with Crippen LogP contribution in [0.5, 0.6) is 11.6 Å². The van der Waals surface area contributed by atoms with Gasteiger partial charge in [-0.2, -0.15) is 0 Å². The first-order valence-electron chi connectivity index (χ1n) is 7.46. The molecule has 2 aromatic rings. The molecular formula is C17H16F2N2O3. The lowest BCUT2D eigenvalue weighted by Crippen LogP contribution is -2.27. The molecule has 1 aromatic carbocycles. The lowest BCUT2D eigenvalue weighted by Gasteiger charge is -2.18. The van der Waals surface area contributed by atoms with Crippen molar-refractivity contribution < 1.29 is 23.0 Å². The van der Waals surface area contributed by atoms with E-state index in [0.717, 1.165) is 17.7 Å². The normalized spacial score (nSPS) is 12.7. The first kappa shape index (κ1) is 16.2. The molecule has 0 N–H and O–H groups in total. The number of alkyl halides is 2. The van der Waals surface area contributed by atoms with Gasteiger partial charge < -0.3 is 14.4 Å². The van der Waals surface area contributed by atoms with Gasteiger partial charge >= 0.3 is 0 Å². The van der Waals surface area contributed by atoms with Crippen LogP contribution < -0.4 is 14.4 Å². The van der Waals surface area contributed by atoms with E-state index in [0.29, 0.717) is 12.3 Å². The lowest BCUT2D eigenvalue weighted by atomic mass is 10.1. The second kappa shape index (κ2) is 6.82. The van der Waals surface area contributed by atoms with Crippen molar-refractivity contribution in [1.82, 2.24) is 4.98 Å². The number of pyridine rings is 1. The topological polar surface area (TPSA) is 51.7 Å². The molecule has 0 unspecified atom stereocenters. The molecule has 0 atom stereocenters. The SMILES string of the molecule is CN(C(=O)c1cccc(OCC(F)F)n1)c1ccc2c(c1)CCO2. The molecule has 126 valence electrons. The molecule has 2 heterocycles. The minimum Gasteiger partial charge on any atom is -0.493 e. The molecule has 0 spiro atoms. The molecule has 0 bridgehead atoms. The van der Waals surface area contributed by atoms with E-state index >= 15 is 0 Å². The third-order valence-corrected chi connectivity index (χ3v) is 3.66. The van der Waals surface area contributed by atoms with Crippen LogP contribution in [-0.4, -0.2) is 37.6 Å². The van der Waals surface area contributed by atoms with E-state index in [-0.39, 0.29) is 17.5 Å². The monoisotopic (exact) mass is 334 g/mol. The second-order valence-electron chi connectivity index (χ2n) is 5.32. The summed E-state index contributed by atoms with van der Waals surface area (Å²) in [4.78, 5) is 18.0. The number of halogens is 2. The molecule has 24 heavy (non-hydrogen) atoms. The van der Waals surface area contributed by atoms with Crippen LogP contribution >= 0.6 is 0 Å². The third kappa shape index (κ3) is 3.45. The van der Waals surface area contributed by atoms with Crippen molar-refractivity contribution in [2.45, 2.75) is 12.8 Å². The fourth-order valence-electron chi connectivity index (χ4n) is 2.43. The Hall–Kier alpha value is -2.70. The van der Waals surface area contributed by atoms with Gasteiger partial charge in [0.05, 0.1) is 6.61 Å². The first-order valence-corrected chi connectivity index (χ1v) is 7.46. The molecular weight excluding hydrogens is 318 g/mol. The maximum absolute atomic E-state index is 12.6. The molecule has 0 saturated carbocycles. The molecule has 5 nitrogen and oxygen atoms in total. The Morgan fingerprint density at radius 2 is 2.21 bits per heavy atom. The number of carbonyl (C=O) groups is 1. The maximum Gasteiger partial charge on any atom is 0.276 e. The number of anilines is 1. The van der Waals surface area contributed by atoms with Crippen molar-refractivity contribution in [2.75, 3.05) is 25.2 Å². The number of amides is 1. The lowest BCUT2D eigenvalue weighted by molar-refractivity contribution is 0.0793. The molecule has 0 radical (unpaired) electrons. The summed E-state index contributed by atoms with van der Waals surface area (Å²) in [5, 5.41) is 0. The average molecular weight is 334 g/mol. The third-order valence-electron chi connectivity index (χ3n) is 3.66. The van der Waals surface area contributed by atoms with Gasteiger partial charge in [-0.1, -0.05) is 6.07 Å². The van der Waals surface area contributed by atoms with Crippen LogP contribution in [0.25, 0.3) is 0 Å². The summed E-state index contributed by atoms with van der Waals surface area (Å²) >= 11 is 0. The number of benzene rings is 1. The molecule has 1 aliphatic rings. The molecule has 0 aliphatic carbocycles. The average Bonchev–Trinajstić information content (AvgIpc) is 3.06. The number of nitrogens with zero attached hydrogens (tertiary/aromatic N) is 2. The molecule has 3 rings (SSSR count). The number of rotatable bonds is 5. The van der Waals surface area contributed by atoms with Crippen molar-refractivity contribution in [3.05, 3.63) is 47.7 Å². The quantitative estimate of drug-likeness (QED) is 0.844. The fourth-order valence-corrected chi connectivity index (χ4v) is 2.43. The number of hydrogen-bond donors (Lipinski definition) is 0. The summed E-state index contributed by atoms with van der Waals surface area (Å²) in [6.45, 7) is -0.118. The van der Waals surface area contributed by atoms with Crippen molar-refractivity contribution in [3.63, 3.8) is 0 Å². The molecule has 7 heteroatoms. The highest BCUT2D eigenvalue weighted by Crippen LogP contribution is 2.29. The number of aromatic nitrogens is 1. The molecule has 1 aliphatic heterocycles. The van der Waals surface area contributed by atoms with E-state index in [2.05, 4.69) is 4.98 Å². The Kier molecular flexibility index (Phi) is 4.59. The van der Waals surface area contributed by atoms with Crippen LogP contribution in [0.15, 0.2) is 36.4 Å². The summed E-state index contributed by atoms with van der Waals surface area (Å²) in [6.07, 6.45) is -1.79. The van der Waals surface area contributed by atoms with Gasteiger partial charge in [-0.15, -0.1) is 0 Å². The summed E-state index contributed by atoms with van der Waals surface area (Å²) < 4.78 is 34.7. The van der Waals surface area contributed by atoms with E-state index in [1.165, 1.54) is 17.0 Å². The highest BCUT2D eigenvalue weighted by molar-refractivity contribution is 6.04. The fraction of sp³-hybridized carbons (Fsp3) is 0.294. The van der Waals surface area contributed by atoms with Crippen molar-refractivity contribution in [2.24, 2.45) is 0 Å². The van der Waals surface area contributed by atoms with Crippen LogP contribution in [0.2, 0.25) is 0 Å². The maximum atomic E-state index is 12.6. The van der Waals surface area contributed by atoms with Gasteiger partial charge in [-0.05, 0) is 29.8 Å². The predicted octanol–water partition coefficient (Wildman–Crippen LogP) is 2.94. The summed E-state index contributed by atoms with van der Waals surface area (Å²) in [7, 11) is 1.63. The molecule has 0 fully saturated rings. The summed E-state index contributed by atoms with van der Waals surface area (Å²) in [6, 6.07) is 10.0. The van der Waals surface area contributed by atoms with Gasteiger partial charge in [-0.3, -0.25) is 4.79 Å². The van der Waals surface area contributed by atoms with E-state index in [9.17, 15) is 13.6 Å². The van der Waals surface area contributed by atoms with Gasteiger partial charge in [0.25, 0.3) is 12.3 Å². The zero-order valence-corrected chi connectivity index (χ0v) is 13.0. The predicted molar refractivity (Wildman–Crippen MR) is 84.1 cm³/mol. The number of ether oxygens (including phenoxy) is 2. The zero-order chi connectivity index (χ0) is 17.1. The van der Waals surface area contributed by atoms with Crippen LogP contribution in [-0.2, 0) is 6.42 Å². The van der Waals surface area contributed by atoms with E-state index in [1.807, 2.05) is 12.1 Å². The molecule has 1 amide bonds. The van der Waals surface area contributed by atoms with E-state index in [4.69, 9.17) is 9.47 Å². The Morgan fingerprint density at radius 3 is 3.00 bits per heavy atom. The number of hydrogen-bond acceptors (Lipinski definition) is 4. The number of fused-ring (bicyclic) bond motifs is 1. The number of carbonyl (C=O) groups excluding carboxylic acids is 1.